The third-order valence-electron chi connectivity index (χ3n) is 2.42. The molecule has 7 nitrogen and oxygen atoms in total. The second kappa shape index (κ2) is 4.36. The lowest BCUT2D eigenvalue weighted by molar-refractivity contribution is 0.300. The van der Waals surface area contributed by atoms with Gasteiger partial charge in [0.25, 0.3) is 5.56 Å². The van der Waals surface area contributed by atoms with Crippen LogP contribution in [0.1, 0.15) is 11.4 Å². The minimum Gasteiger partial charge on any atom is -0.376 e. The molecule has 0 aliphatic carbocycles. The zero-order chi connectivity index (χ0) is 12.4. The zero-order valence-corrected chi connectivity index (χ0v) is 9.91. The molecule has 0 aliphatic rings. The summed E-state index contributed by atoms with van der Waals surface area (Å²) in [6.07, 6.45) is 1.63. The molecular weight excluding hydrogens is 222 g/mol. The van der Waals surface area contributed by atoms with Gasteiger partial charge in [-0.25, -0.2) is 9.31 Å². The van der Waals surface area contributed by atoms with Gasteiger partial charge in [-0.3, -0.25) is 4.79 Å². The van der Waals surface area contributed by atoms with Crippen LogP contribution in [-0.2, 0) is 6.54 Å². The van der Waals surface area contributed by atoms with E-state index in [4.69, 9.17) is 0 Å². The van der Waals surface area contributed by atoms with Crippen LogP contribution in [0.15, 0.2) is 21.7 Å². The van der Waals surface area contributed by atoms with Crippen molar-refractivity contribution >= 4 is 5.69 Å². The fraction of sp³-hybridized carbons (Fsp3) is 0.400. The van der Waals surface area contributed by atoms with E-state index in [0.717, 1.165) is 5.69 Å². The summed E-state index contributed by atoms with van der Waals surface area (Å²) in [5, 5.41) is 11.4. The van der Waals surface area contributed by atoms with Gasteiger partial charge in [0.2, 0.25) is 0 Å². The number of hydrogen-bond acceptors (Lipinski definition) is 6. The standard InChI is InChI=1S/C10H13N5O2/c1-7-9(13-17-12-7)6-15-10(16)4-8(5-11-15)14(2)3/h4-5H,6H2,1-3H3. The average molecular weight is 235 g/mol. The van der Waals surface area contributed by atoms with Gasteiger partial charge >= 0.3 is 0 Å². The molecule has 0 N–H and O–H groups in total. The van der Waals surface area contributed by atoms with Gasteiger partial charge in [0, 0.05) is 20.2 Å². The average Bonchev–Trinajstić information content (AvgIpc) is 2.67. The van der Waals surface area contributed by atoms with E-state index in [0.29, 0.717) is 11.4 Å². The molecule has 0 saturated carbocycles. The van der Waals surface area contributed by atoms with Gasteiger partial charge < -0.3 is 4.90 Å². The molecule has 0 aromatic carbocycles. The van der Waals surface area contributed by atoms with Crippen LogP contribution in [0.25, 0.3) is 0 Å². The highest BCUT2D eigenvalue weighted by Crippen LogP contribution is 2.05. The maximum absolute atomic E-state index is 11.8. The third kappa shape index (κ3) is 2.32. The van der Waals surface area contributed by atoms with Crippen LogP contribution in [0.4, 0.5) is 5.69 Å². The van der Waals surface area contributed by atoms with Crippen LogP contribution in [0.3, 0.4) is 0 Å². The molecule has 0 aliphatic heterocycles. The van der Waals surface area contributed by atoms with Crippen LogP contribution in [0, 0.1) is 6.92 Å². The van der Waals surface area contributed by atoms with E-state index in [1.807, 2.05) is 19.0 Å². The van der Waals surface area contributed by atoms with E-state index in [9.17, 15) is 4.79 Å². The number of rotatable bonds is 3. The first kappa shape index (κ1) is 11.3. The highest BCUT2D eigenvalue weighted by molar-refractivity contribution is 5.40. The normalized spacial score (nSPS) is 10.5. The number of hydrogen-bond donors (Lipinski definition) is 0. The Morgan fingerprint density at radius 2 is 2.18 bits per heavy atom. The Bertz CT molecular complexity index is 572. The van der Waals surface area contributed by atoms with Crippen LogP contribution >= 0.6 is 0 Å². The fourth-order valence-electron chi connectivity index (χ4n) is 1.32. The number of aryl methyl sites for hydroxylation is 1. The van der Waals surface area contributed by atoms with Crippen molar-refractivity contribution < 1.29 is 4.63 Å². The van der Waals surface area contributed by atoms with Crippen molar-refractivity contribution in [2.24, 2.45) is 0 Å². The molecule has 2 aromatic heterocycles. The molecule has 0 spiro atoms. The minimum atomic E-state index is -0.182. The lowest BCUT2D eigenvalue weighted by Gasteiger charge is -2.11. The van der Waals surface area contributed by atoms with Crippen molar-refractivity contribution in [3.05, 3.63) is 34.0 Å². The summed E-state index contributed by atoms with van der Waals surface area (Å²) >= 11 is 0. The summed E-state index contributed by atoms with van der Waals surface area (Å²) in [5.74, 6) is 0. The highest BCUT2D eigenvalue weighted by Gasteiger charge is 2.08. The Morgan fingerprint density at radius 1 is 1.41 bits per heavy atom. The summed E-state index contributed by atoms with van der Waals surface area (Å²) in [7, 11) is 3.71. The monoisotopic (exact) mass is 235 g/mol. The van der Waals surface area contributed by atoms with Crippen LogP contribution in [-0.4, -0.2) is 34.2 Å². The maximum atomic E-state index is 11.8. The molecule has 7 heteroatoms. The first-order chi connectivity index (χ1) is 8.08. The summed E-state index contributed by atoms with van der Waals surface area (Å²) in [6.45, 7) is 2.03. The van der Waals surface area contributed by atoms with E-state index < -0.39 is 0 Å². The first-order valence-corrected chi connectivity index (χ1v) is 5.10. The zero-order valence-electron chi connectivity index (χ0n) is 9.91. The number of anilines is 1. The minimum absolute atomic E-state index is 0.182. The van der Waals surface area contributed by atoms with E-state index in [1.54, 1.807) is 13.1 Å². The molecular formula is C10H13N5O2. The fourth-order valence-corrected chi connectivity index (χ4v) is 1.32. The van der Waals surface area contributed by atoms with Gasteiger partial charge in [-0.1, -0.05) is 10.3 Å². The summed E-state index contributed by atoms with van der Waals surface area (Å²) in [4.78, 5) is 13.6. The van der Waals surface area contributed by atoms with Gasteiger partial charge in [0.1, 0.15) is 11.4 Å². The number of aromatic nitrogens is 4. The van der Waals surface area contributed by atoms with Crippen molar-refractivity contribution in [2.45, 2.75) is 13.5 Å². The SMILES string of the molecule is Cc1nonc1Cn1ncc(N(C)C)cc1=O. The largest absolute Gasteiger partial charge is 0.376 e. The highest BCUT2D eigenvalue weighted by atomic mass is 16.6. The van der Waals surface area contributed by atoms with Gasteiger partial charge in [0.05, 0.1) is 18.4 Å². The maximum Gasteiger partial charge on any atom is 0.269 e. The molecule has 90 valence electrons. The van der Waals surface area contributed by atoms with E-state index in [1.165, 1.54) is 10.7 Å². The van der Waals surface area contributed by atoms with Crippen molar-refractivity contribution in [3.63, 3.8) is 0 Å². The molecule has 0 fully saturated rings. The van der Waals surface area contributed by atoms with Gasteiger partial charge in [-0.05, 0) is 6.92 Å². The topological polar surface area (TPSA) is 77.1 Å². The van der Waals surface area contributed by atoms with Gasteiger partial charge in [0.15, 0.2) is 0 Å². The van der Waals surface area contributed by atoms with Gasteiger partial charge in [-0.15, -0.1) is 0 Å². The predicted octanol–water partition coefficient (Wildman–Crippen LogP) is 0.0490. The Kier molecular flexibility index (Phi) is 2.90. The Balaban J connectivity index is 2.29. The van der Waals surface area contributed by atoms with Crippen LogP contribution in [0.2, 0.25) is 0 Å². The van der Waals surface area contributed by atoms with Crippen molar-refractivity contribution in [1.82, 2.24) is 20.1 Å². The van der Waals surface area contributed by atoms with Gasteiger partial charge in [-0.2, -0.15) is 5.10 Å². The molecule has 2 heterocycles. The molecule has 0 bridgehead atoms. The second-order valence-corrected chi connectivity index (χ2v) is 3.90. The van der Waals surface area contributed by atoms with Crippen LogP contribution < -0.4 is 10.5 Å². The van der Waals surface area contributed by atoms with E-state index in [2.05, 4.69) is 20.0 Å². The molecule has 2 rings (SSSR count). The van der Waals surface area contributed by atoms with E-state index >= 15 is 0 Å². The molecule has 0 amide bonds. The Hall–Kier alpha value is -2.18. The lowest BCUT2D eigenvalue weighted by Crippen LogP contribution is -2.25. The predicted molar refractivity (Wildman–Crippen MR) is 61.0 cm³/mol. The van der Waals surface area contributed by atoms with Crippen molar-refractivity contribution in [2.75, 3.05) is 19.0 Å². The Labute approximate surface area is 97.6 Å². The van der Waals surface area contributed by atoms with Crippen molar-refractivity contribution in [1.29, 1.82) is 0 Å². The van der Waals surface area contributed by atoms with Crippen LogP contribution in [0.5, 0.6) is 0 Å². The smallest absolute Gasteiger partial charge is 0.269 e. The molecule has 17 heavy (non-hydrogen) atoms. The second-order valence-electron chi connectivity index (χ2n) is 3.90. The molecule has 0 radical (unpaired) electrons. The van der Waals surface area contributed by atoms with Crippen molar-refractivity contribution in [3.8, 4) is 0 Å². The summed E-state index contributed by atoms with van der Waals surface area (Å²) in [5.41, 5.74) is 1.85. The Morgan fingerprint density at radius 3 is 2.71 bits per heavy atom. The molecule has 0 unspecified atom stereocenters. The third-order valence-corrected chi connectivity index (χ3v) is 2.42. The summed E-state index contributed by atoms with van der Waals surface area (Å²) in [6, 6.07) is 1.52. The molecule has 0 saturated heterocycles. The molecule has 0 atom stereocenters. The summed E-state index contributed by atoms with van der Waals surface area (Å²) < 4.78 is 5.89. The number of nitrogens with zero attached hydrogens (tertiary/aromatic N) is 5. The first-order valence-electron chi connectivity index (χ1n) is 5.10. The molecule has 2 aromatic rings. The van der Waals surface area contributed by atoms with E-state index in [-0.39, 0.29) is 12.1 Å². The quantitative estimate of drug-likeness (QED) is 0.748. The lowest BCUT2D eigenvalue weighted by atomic mass is 10.3.